The van der Waals surface area contributed by atoms with E-state index in [0.717, 1.165) is 29.0 Å². The Labute approximate surface area is 137 Å². The van der Waals surface area contributed by atoms with Crippen LogP contribution in [-0.4, -0.2) is 24.4 Å². The molecule has 0 radical (unpaired) electrons. The molecule has 0 aliphatic carbocycles. The lowest BCUT2D eigenvalue weighted by atomic mass is 9.74. The second-order valence-corrected chi connectivity index (χ2v) is 6.77. The van der Waals surface area contributed by atoms with Gasteiger partial charge in [0.25, 0.3) is 0 Å². The van der Waals surface area contributed by atoms with Gasteiger partial charge >= 0.3 is 0 Å². The predicted octanol–water partition coefficient (Wildman–Crippen LogP) is 4.11. The molecule has 1 aliphatic rings. The monoisotopic (exact) mass is 312 g/mol. The molecule has 1 heterocycles. The molecule has 1 aliphatic heterocycles. The summed E-state index contributed by atoms with van der Waals surface area (Å²) in [6.45, 7) is 9.84. The van der Waals surface area contributed by atoms with Crippen LogP contribution in [0, 0.1) is 13.8 Å². The van der Waals surface area contributed by atoms with Crippen molar-refractivity contribution < 1.29 is 14.6 Å². The van der Waals surface area contributed by atoms with E-state index in [1.807, 2.05) is 25.1 Å². The highest BCUT2D eigenvalue weighted by Crippen LogP contribution is 2.39. The molecule has 3 rings (SSSR count). The maximum atomic E-state index is 10.0. The lowest BCUT2D eigenvalue weighted by Gasteiger charge is -2.30. The molecule has 3 heteroatoms. The smallest absolute Gasteiger partial charge is 0.122 e. The van der Waals surface area contributed by atoms with Crippen molar-refractivity contribution >= 4 is 0 Å². The Morgan fingerprint density at radius 1 is 1.09 bits per heavy atom. The van der Waals surface area contributed by atoms with Crippen LogP contribution in [0.2, 0.25) is 0 Å². The molecular weight excluding hydrogens is 288 g/mol. The van der Waals surface area contributed by atoms with Crippen LogP contribution in [-0.2, 0) is 10.2 Å². The highest BCUT2D eigenvalue weighted by Gasteiger charge is 2.29. The summed E-state index contributed by atoms with van der Waals surface area (Å²) in [4.78, 5) is 0. The maximum Gasteiger partial charge on any atom is 0.122 e. The summed E-state index contributed by atoms with van der Waals surface area (Å²) in [5, 5.41) is 10.0. The number of benzene rings is 2. The van der Waals surface area contributed by atoms with E-state index in [4.69, 9.17) is 9.47 Å². The number of aromatic hydroxyl groups is 1. The predicted molar refractivity (Wildman–Crippen MR) is 91.4 cm³/mol. The third-order valence-corrected chi connectivity index (χ3v) is 4.76. The summed E-state index contributed by atoms with van der Waals surface area (Å²) in [7, 11) is 0. The lowest BCUT2D eigenvalue weighted by molar-refractivity contribution is 0.261. The Balaban J connectivity index is 1.98. The number of hydrogen-bond donors (Lipinski definition) is 1. The first-order valence-corrected chi connectivity index (χ1v) is 8.05. The van der Waals surface area contributed by atoms with Gasteiger partial charge in [0.2, 0.25) is 0 Å². The lowest BCUT2D eigenvalue weighted by Crippen LogP contribution is -2.22. The zero-order valence-corrected chi connectivity index (χ0v) is 14.2. The fourth-order valence-corrected chi connectivity index (χ4v) is 3.24. The molecule has 2 aromatic carbocycles. The largest absolute Gasteiger partial charge is 0.508 e. The Kier molecular flexibility index (Phi) is 4.07. The van der Waals surface area contributed by atoms with Crippen LogP contribution < -0.4 is 4.74 Å². The minimum atomic E-state index is -0.220. The molecule has 1 unspecified atom stereocenters. The van der Waals surface area contributed by atoms with Crippen LogP contribution >= 0.6 is 0 Å². The molecule has 0 spiro atoms. The van der Waals surface area contributed by atoms with Gasteiger partial charge in [-0.1, -0.05) is 38.1 Å². The normalized spacial score (nSPS) is 17.1. The molecule has 0 amide bonds. The first-order valence-electron chi connectivity index (χ1n) is 8.05. The summed E-state index contributed by atoms with van der Waals surface area (Å²) in [6.07, 6.45) is 0.249. The van der Waals surface area contributed by atoms with E-state index in [0.29, 0.717) is 12.4 Å². The van der Waals surface area contributed by atoms with Crippen LogP contribution in [0.25, 0.3) is 0 Å². The van der Waals surface area contributed by atoms with E-state index in [2.05, 4.69) is 32.9 Å². The first kappa shape index (κ1) is 15.9. The third-order valence-electron chi connectivity index (χ3n) is 4.76. The van der Waals surface area contributed by atoms with Crippen molar-refractivity contribution in [2.75, 3.05) is 13.2 Å². The van der Waals surface area contributed by atoms with E-state index in [9.17, 15) is 5.11 Å². The van der Waals surface area contributed by atoms with Crippen molar-refractivity contribution in [1.29, 1.82) is 0 Å². The minimum Gasteiger partial charge on any atom is -0.508 e. The molecule has 1 atom stereocenters. The Bertz CT molecular complexity index is 715. The Morgan fingerprint density at radius 3 is 2.35 bits per heavy atom. The molecular formula is C20H24O3. The number of phenolic OH excluding ortho intramolecular Hbond substituents is 1. The second-order valence-electron chi connectivity index (χ2n) is 6.77. The fourth-order valence-electron chi connectivity index (χ4n) is 3.24. The Morgan fingerprint density at radius 2 is 1.70 bits per heavy atom. The number of phenols is 1. The summed E-state index contributed by atoms with van der Waals surface area (Å²) < 4.78 is 11.1. The molecule has 0 saturated carbocycles. The number of rotatable bonds is 5. The standard InChI is InChI=1S/C20H24O3/c1-13-16(7-5-9-18(13)21)20(3,4)17-8-6-10-19(14(17)2)23-12-15-11-22-15/h5-10,15,21H,11-12H2,1-4H3. The van der Waals surface area contributed by atoms with Gasteiger partial charge in [-0.25, -0.2) is 0 Å². The number of epoxide rings is 1. The van der Waals surface area contributed by atoms with Gasteiger partial charge in [-0.05, 0) is 48.2 Å². The van der Waals surface area contributed by atoms with Crippen molar-refractivity contribution in [3.05, 3.63) is 58.7 Å². The molecule has 1 N–H and O–H groups in total. The Hall–Kier alpha value is -2.00. The SMILES string of the molecule is Cc1c(O)cccc1C(C)(C)c1cccc(OCC2CO2)c1C. The second kappa shape index (κ2) is 5.89. The summed E-state index contributed by atoms with van der Waals surface area (Å²) in [5.41, 5.74) is 4.18. The van der Waals surface area contributed by atoms with Gasteiger partial charge < -0.3 is 14.6 Å². The maximum absolute atomic E-state index is 10.0. The average molecular weight is 312 g/mol. The quantitative estimate of drug-likeness (QED) is 0.845. The summed E-state index contributed by atoms with van der Waals surface area (Å²) >= 11 is 0. The van der Waals surface area contributed by atoms with E-state index in [1.54, 1.807) is 6.07 Å². The molecule has 3 nitrogen and oxygen atoms in total. The summed E-state index contributed by atoms with van der Waals surface area (Å²) in [5.74, 6) is 1.25. The van der Waals surface area contributed by atoms with Crippen molar-refractivity contribution in [2.45, 2.75) is 39.2 Å². The summed E-state index contributed by atoms with van der Waals surface area (Å²) in [6, 6.07) is 11.9. The van der Waals surface area contributed by atoms with Crippen LogP contribution in [0.4, 0.5) is 0 Å². The van der Waals surface area contributed by atoms with Crippen LogP contribution in [0.15, 0.2) is 36.4 Å². The van der Waals surface area contributed by atoms with E-state index in [-0.39, 0.29) is 11.5 Å². The van der Waals surface area contributed by atoms with Crippen LogP contribution in [0.1, 0.15) is 36.1 Å². The molecule has 1 fully saturated rings. The van der Waals surface area contributed by atoms with Gasteiger partial charge in [-0.3, -0.25) is 0 Å². The number of ether oxygens (including phenoxy) is 2. The van der Waals surface area contributed by atoms with E-state index >= 15 is 0 Å². The highest BCUT2D eigenvalue weighted by atomic mass is 16.6. The average Bonchev–Trinajstić information content (AvgIpc) is 3.33. The first-order chi connectivity index (χ1) is 10.9. The van der Waals surface area contributed by atoms with Gasteiger partial charge in [0, 0.05) is 5.41 Å². The van der Waals surface area contributed by atoms with Crippen molar-refractivity contribution in [2.24, 2.45) is 0 Å². The molecule has 0 bridgehead atoms. The fraction of sp³-hybridized carbons (Fsp3) is 0.400. The van der Waals surface area contributed by atoms with Gasteiger partial charge in [-0.2, -0.15) is 0 Å². The van der Waals surface area contributed by atoms with E-state index < -0.39 is 0 Å². The zero-order valence-electron chi connectivity index (χ0n) is 14.2. The van der Waals surface area contributed by atoms with Crippen molar-refractivity contribution in [3.8, 4) is 11.5 Å². The van der Waals surface area contributed by atoms with Gasteiger partial charge in [-0.15, -0.1) is 0 Å². The third kappa shape index (κ3) is 3.06. The topological polar surface area (TPSA) is 42.0 Å². The highest BCUT2D eigenvalue weighted by molar-refractivity contribution is 5.51. The van der Waals surface area contributed by atoms with Gasteiger partial charge in [0.15, 0.2) is 0 Å². The van der Waals surface area contributed by atoms with E-state index in [1.165, 1.54) is 5.56 Å². The molecule has 2 aromatic rings. The minimum absolute atomic E-state index is 0.220. The van der Waals surface area contributed by atoms with Gasteiger partial charge in [0.1, 0.15) is 24.2 Å². The molecule has 0 aromatic heterocycles. The van der Waals surface area contributed by atoms with Crippen molar-refractivity contribution in [1.82, 2.24) is 0 Å². The molecule has 122 valence electrons. The molecule has 1 saturated heterocycles. The zero-order chi connectivity index (χ0) is 16.6. The van der Waals surface area contributed by atoms with Crippen molar-refractivity contribution in [3.63, 3.8) is 0 Å². The van der Waals surface area contributed by atoms with Gasteiger partial charge in [0.05, 0.1) is 6.61 Å². The van der Waals surface area contributed by atoms with Crippen LogP contribution in [0.5, 0.6) is 11.5 Å². The van der Waals surface area contributed by atoms with Crippen LogP contribution in [0.3, 0.4) is 0 Å². The number of hydrogen-bond acceptors (Lipinski definition) is 3. The molecule has 23 heavy (non-hydrogen) atoms.